The molecule has 1 aromatic carbocycles. The number of rotatable bonds is 3. The maximum absolute atomic E-state index is 12.9. The average Bonchev–Trinajstić information content (AvgIpc) is 2.15. The zero-order chi connectivity index (χ0) is 11.6. The molecule has 15 heavy (non-hydrogen) atoms. The highest BCUT2D eigenvalue weighted by Crippen LogP contribution is 2.31. The summed E-state index contributed by atoms with van der Waals surface area (Å²) < 4.78 is 50.6. The lowest BCUT2D eigenvalue weighted by Gasteiger charge is -2.13. The fourth-order valence-corrected chi connectivity index (χ4v) is 1.22. The summed E-state index contributed by atoms with van der Waals surface area (Å²) in [4.78, 5) is 0. The molecule has 0 amide bonds. The minimum Gasteiger partial charge on any atom is -0.326 e. The van der Waals surface area contributed by atoms with Gasteiger partial charge in [-0.3, -0.25) is 0 Å². The summed E-state index contributed by atoms with van der Waals surface area (Å²) in [5, 5.41) is 0. The van der Waals surface area contributed by atoms with Crippen LogP contribution in [0.25, 0.3) is 0 Å². The van der Waals surface area contributed by atoms with E-state index in [2.05, 4.69) is 0 Å². The molecule has 5 heteroatoms. The summed E-state index contributed by atoms with van der Waals surface area (Å²) in [5.74, 6) is -3.13. The second kappa shape index (κ2) is 4.18. The van der Waals surface area contributed by atoms with Crippen LogP contribution in [0.2, 0.25) is 0 Å². The minimum absolute atomic E-state index is 0.0381. The van der Waals surface area contributed by atoms with Gasteiger partial charge in [-0.05, 0) is 23.8 Å². The van der Waals surface area contributed by atoms with Gasteiger partial charge in [0.1, 0.15) is 0 Å². The molecule has 0 atom stereocenters. The zero-order valence-electron chi connectivity index (χ0n) is 8.11. The molecule has 0 aliphatic heterocycles. The standard InChI is InChI=1S/C10H11F4N/c1-10(13,14)8-3-6(5-15)2-7(4-8)9(11)12/h2-4,9H,5,15H2,1H3. The van der Waals surface area contributed by atoms with Gasteiger partial charge in [0.2, 0.25) is 0 Å². The van der Waals surface area contributed by atoms with Crippen molar-refractivity contribution in [1.29, 1.82) is 0 Å². The lowest BCUT2D eigenvalue weighted by molar-refractivity contribution is 0.0170. The first-order chi connectivity index (χ1) is 6.84. The number of halogens is 4. The van der Waals surface area contributed by atoms with Gasteiger partial charge in [-0.25, -0.2) is 17.6 Å². The van der Waals surface area contributed by atoms with Gasteiger partial charge in [0.25, 0.3) is 12.3 Å². The number of alkyl halides is 4. The maximum atomic E-state index is 12.9. The molecule has 0 unspecified atom stereocenters. The molecule has 0 saturated carbocycles. The molecule has 0 heterocycles. The van der Waals surface area contributed by atoms with E-state index >= 15 is 0 Å². The third-order valence-corrected chi connectivity index (χ3v) is 2.01. The van der Waals surface area contributed by atoms with Gasteiger partial charge in [0, 0.05) is 24.6 Å². The Balaban J connectivity index is 3.23. The van der Waals surface area contributed by atoms with E-state index in [1.807, 2.05) is 0 Å². The van der Waals surface area contributed by atoms with Crippen molar-refractivity contribution < 1.29 is 17.6 Å². The lowest BCUT2D eigenvalue weighted by atomic mass is 10.0. The second-order valence-corrected chi connectivity index (χ2v) is 3.36. The number of hydrogen-bond acceptors (Lipinski definition) is 1. The van der Waals surface area contributed by atoms with Crippen LogP contribution in [0, 0.1) is 0 Å². The summed E-state index contributed by atoms with van der Waals surface area (Å²) >= 11 is 0. The normalized spacial score (nSPS) is 12.2. The molecule has 1 rings (SSSR count). The van der Waals surface area contributed by atoms with Crippen molar-refractivity contribution in [3.63, 3.8) is 0 Å². The first kappa shape index (κ1) is 12.0. The first-order valence-corrected chi connectivity index (χ1v) is 4.35. The highest BCUT2D eigenvalue weighted by molar-refractivity contribution is 5.33. The van der Waals surface area contributed by atoms with E-state index < -0.39 is 23.5 Å². The summed E-state index contributed by atoms with van der Waals surface area (Å²) in [6.07, 6.45) is -2.77. The number of hydrogen-bond donors (Lipinski definition) is 1. The SMILES string of the molecule is CC(F)(F)c1cc(CN)cc(C(F)F)c1. The zero-order valence-corrected chi connectivity index (χ0v) is 8.11. The van der Waals surface area contributed by atoms with Crippen LogP contribution in [0.15, 0.2) is 18.2 Å². The van der Waals surface area contributed by atoms with Crippen molar-refractivity contribution in [1.82, 2.24) is 0 Å². The summed E-state index contributed by atoms with van der Waals surface area (Å²) in [7, 11) is 0. The molecule has 2 N–H and O–H groups in total. The van der Waals surface area contributed by atoms with E-state index in [4.69, 9.17) is 5.73 Å². The molecule has 0 radical (unpaired) electrons. The van der Waals surface area contributed by atoms with E-state index in [0.717, 1.165) is 18.2 Å². The van der Waals surface area contributed by atoms with Crippen LogP contribution in [0.5, 0.6) is 0 Å². The summed E-state index contributed by atoms with van der Waals surface area (Å²) in [5.41, 5.74) is 4.67. The first-order valence-electron chi connectivity index (χ1n) is 4.35. The van der Waals surface area contributed by atoms with Crippen molar-refractivity contribution >= 4 is 0 Å². The van der Waals surface area contributed by atoms with Gasteiger partial charge in [0.15, 0.2) is 0 Å². The van der Waals surface area contributed by atoms with Gasteiger partial charge in [-0.2, -0.15) is 0 Å². The van der Waals surface area contributed by atoms with Crippen LogP contribution in [0.1, 0.15) is 30.0 Å². The highest BCUT2D eigenvalue weighted by Gasteiger charge is 2.26. The van der Waals surface area contributed by atoms with Crippen LogP contribution in [-0.4, -0.2) is 0 Å². The highest BCUT2D eigenvalue weighted by atomic mass is 19.3. The summed E-state index contributed by atoms with van der Waals surface area (Å²) in [6, 6.07) is 3.09. The van der Waals surface area contributed by atoms with Crippen molar-refractivity contribution in [2.24, 2.45) is 5.73 Å². The predicted molar refractivity (Wildman–Crippen MR) is 48.9 cm³/mol. The van der Waals surface area contributed by atoms with E-state index in [-0.39, 0.29) is 12.1 Å². The molecule has 0 aliphatic carbocycles. The smallest absolute Gasteiger partial charge is 0.270 e. The molecule has 0 aromatic heterocycles. The van der Waals surface area contributed by atoms with E-state index in [1.54, 1.807) is 0 Å². The number of nitrogens with two attached hydrogens (primary N) is 1. The van der Waals surface area contributed by atoms with Crippen molar-refractivity contribution in [2.75, 3.05) is 0 Å². The van der Waals surface area contributed by atoms with Crippen molar-refractivity contribution in [2.45, 2.75) is 25.8 Å². The third-order valence-electron chi connectivity index (χ3n) is 2.01. The Morgan fingerprint density at radius 3 is 2.27 bits per heavy atom. The van der Waals surface area contributed by atoms with Crippen LogP contribution in [0.4, 0.5) is 17.6 Å². The van der Waals surface area contributed by atoms with Crippen LogP contribution in [-0.2, 0) is 12.5 Å². The molecule has 0 saturated heterocycles. The fourth-order valence-electron chi connectivity index (χ4n) is 1.22. The molecule has 84 valence electrons. The van der Waals surface area contributed by atoms with Crippen LogP contribution in [0.3, 0.4) is 0 Å². The molecule has 0 bridgehead atoms. The van der Waals surface area contributed by atoms with Crippen molar-refractivity contribution in [3.05, 3.63) is 34.9 Å². The lowest BCUT2D eigenvalue weighted by Crippen LogP contribution is -2.10. The Morgan fingerprint density at radius 2 is 1.87 bits per heavy atom. The van der Waals surface area contributed by atoms with E-state index in [1.165, 1.54) is 0 Å². The fraction of sp³-hybridized carbons (Fsp3) is 0.400. The Bertz CT molecular complexity index is 344. The van der Waals surface area contributed by atoms with Gasteiger partial charge < -0.3 is 5.73 Å². The second-order valence-electron chi connectivity index (χ2n) is 3.36. The number of benzene rings is 1. The van der Waals surface area contributed by atoms with Crippen LogP contribution < -0.4 is 5.73 Å². The van der Waals surface area contributed by atoms with Gasteiger partial charge in [-0.1, -0.05) is 0 Å². The monoisotopic (exact) mass is 221 g/mol. The quantitative estimate of drug-likeness (QED) is 0.779. The van der Waals surface area contributed by atoms with Crippen molar-refractivity contribution in [3.8, 4) is 0 Å². The van der Waals surface area contributed by atoms with Gasteiger partial charge in [-0.15, -0.1) is 0 Å². The molecular formula is C10H11F4N. The van der Waals surface area contributed by atoms with E-state index in [9.17, 15) is 17.6 Å². The van der Waals surface area contributed by atoms with Crippen LogP contribution >= 0.6 is 0 Å². The predicted octanol–water partition coefficient (Wildman–Crippen LogP) is 3.19. The largest absolute Gasteiger partial charge is 0.326 e. The Labute approximate surface area is 84.9 Å². The van der Waals surface area contributed by atoms with E-state index in [0.29, 0.717) is 6.92 Å². The van der Waals surface area contributed by atoms with Gasteiger partial charge >= 0.3 is 0 Å². The third kappa shape index (κ3) is 2.92. The molecule has 0 aliphatic rings. The Hall–Kier alpha value is -1.10. The summed E-state index contributed by atoms with van der Waals surface area (Å²) in [6.45, 7) is 0.627. The molecule has 0 spiro atoms. The minimum atomic E-state index is -3.13. The van der Waals surface area contributed by atoms with Gasteiger partial charge in [0.05, 0.1) is 0 Å². The molecule has 1 aromatic rings. The molecular weight excluding hydrogens is 210 g/mol. The molecule has 0 fully saturated rings. The Kier molecular flexibility index (Phi) is 3.34. The topological polar surface area (TPSA) is 26.0 Å². The molecule has 1 nitrogen and oxygen atoms in total. The maximum Gasteiger partial charge on any atom is 0.270 e. The Morgan fingerprint density at radius 1 is 1.27 bits per heavy atom. The average molecular weight is 221 g/mol.